The molecule has 11 heavy (non-hydrogen) atoms. The number of thioether (sulfide) groups is 1. The summed E-state index contributed by atoms with van der Waals surface area (Å²) in [5, 5.41) is 2.76. The van der Waals surface area contributed by atoms with Crippen LogP contribution in [0.3, 0.4) is 0 Å². The van der Waals surface area contributed by atoms with Crippen LogP contribution >= 0.6 is 11.8 Å². The van der Waals surface area contributed by atoms with Crippen LogP contribution in [0.5, 0.6) is 0 Å². The summed E-state index contributed by atoms with van der Waals surface area (Å²) in [6.07, 6.45) is 2.65. The molecular weight excluding hydrogens is 158 g/mol. The van der Waals surface area contributed by atoms with Crippen molar-refractivity contribution >= 4 is 17.7 Å². The Kier molecular flexibility index (Phi) is 7.06. The SMILES string of the molecule is CC#CCCNC(=O)CSC. The van der Waals surface area contributed by atoms with Gasteiger partial charge in [0.2, 0.25) is 5.91 Å². The molecule has 0 aliphatic rings. The first kappa shape index (κ1) is 10.4. The molecule has 0 heterocycles. The van der Waals surface area contributed by atoms with Crippen LogP contribution in [0, 0.1) is 11.8 Å². The summed E-state index contributed by atoms with van der Waals surface area (Å²) in [6.45, 7) is 2.46. The number of hydrogen-bond donors (Lipinski definition) is 1. The Morgan fingerprint density at radius 3 is 2.91 bits per heavy atom. The lowest BCUT2D eigenvalue weighted by Crippen LogP contribution is -2.25. The number of carbonyl (C=O) groups excluding carboxylic acids is 1. The fourth-order valence-electron chi connectivity index (χ4n) is 0.572. The minimum Gasteiger partial charge on any atom is -0.354 e. The molecule has 1 amide bonds. The molecule has 0 aromatic carbocycles. The molecule has 0 aliphatic carbocycles. The molecular formula is C8H13NOS. The molecule has 0 rings (SSSR count). The standard InChI is InChI=1S/C8H13NOS/c1-3-4-5-6-9-8(10)7-11-2/h5-7H2,1-2H3,(H,9,10). The van der Waals surface area contributed by atoms with Crippen molar-refractivity contribution in [3.8, 4) is 11.8 Å². The molecule has 0 saturated heterocycles. The fourth-order valence-corrected chi connectivity index (χ4v) is 0.936. The van der Waals surface area contributed by atoms with Gasteiger partial charge in [-0.15, -0.1) is 11.8 Å². The van der Waals surface area contributed by atoms with Crippen LogP contribution in [-0.4, -0.2) is 24.5 Å². The largest absolute Gasteiger partial charge is 0.354 e. The molecule has 0 aromatic heterocycles. The number of carbonyl (C=O) groups is 1. The third kappa shape index (κ3) is 7.27. The third-order valence-corrected chi connectivity index (χ3v) is 1.58. The van der Waals surface area contributed by atoms with Crippen molar-refractivity contribution in [1.29, 1.82) is 0 Å². The van der Waals surface area contributed by atoms with E-state index in [4.69, 9.17) is 0 Å². The summed E-state index contributed by atoms with van der Waals surface area (Å²) < 4.78 is 0. The fraction of sp³-hybridized carbons (Fsp3) is 0.625. The first-order valence-corrected chi connectivity index (χ1v) is 4.86. The molecule has 0 aromatic rings. The molecule has 0 bridgehead atoms. The van der Waals surface area contributed by atoms with Crippen LogP contribution in [0.4, 0.5) is 0 Å². The van der Waals surface area contributed by atoms with E-state index in [2.05, 4.69) is 17.2 Å². The molecule has 0 radical (unpaired) electrons. The molecule has 62 valence electrons. The van der Waals surface area contributed by atoms with Gasteiger partial charge in [0.05, 0.1) is 5.75 Å². The average Bonchev–Trinajstić information content (AvgIpc) is 1.99. The lowest BCUT2D eigenvalue weighted by Gasteiger charge is -1.99. The van der Waals surface area contributed by atoms with Crippen LogP contribution < -0.4 is 5.32 Å². The Hall–Kier alpha value is -0.620. The quantitative estimate of drug-likeness (QED) is 0.502. The van der Waals surface area contributed by atoms with Gasteiger partial charge in [-0.2, -0.15) is 11.8 Å². The molecule has 0 fully saturated rings. The van der Waals surface area contributed by atoms with E-state index in [1.807, 2.05) is 6.26 Å². The third-order valence-electron chi connectivity index (χ3n) is 1.02. The van der Waals surface area contributed by atoms with Gasteiger partial charge >= 0.3 is 0 Å². The number of hydrogen-bond acceptors (Lipinski definition) is 2. The highest BCUT2D eigenvalue weighted by atomic mass is 32.2. The van der Waals surface area contributed by atoms with Crippen molar-refractivity contribution in [1.82, 2.24) is 5.32 Å². The van der Waals surface area contributed by atoms with Crippen LogP contribution in [0.25, 0.3) is 0 Å². The minimum absolute atomic E-state index is 0.0930. The second-order valence-electron chi connectivity index (χ2n) is 1.96. The van der Waals surface area contributed by atoms with Gasteiger partial charge in [0.1, 0.15) is 0 Å². The predicted octanol–water partition coefficient (Wildman–Crippen LogP) is 0.879. The zero-order valence-corrected chi connectivity index (χ0v) is 7.75. The van der Waals surface area contributed by atoms with Crippen LogP contribution in [0.2, 0.25) is 0 Å². The number of amides is 1. The van der Waals surface area contributed by atoms with Gasteiger partial charge in [-0.05, 0) is 13.2 Å². The normalized spacial score (nSPS) is 8.18. The molecule has 2 nitrogen and oxygen atoms in total. The Labute approximate surface area is 72.1 Å². The zero-order valence-electron chi connectivity index (χ0n) is 6.94. The van der Waals surface area contributed by atoms with E-state index >= 15 is 0 Å². The molecule has 0 unspecified atom stereocenters. The topological polar surface area (TPSA) is 29.1 Å². The van der Waals surface area contributed by atoms with E-state index in [1.54, 1.807) is 6.92 Å². The molecule has 0 aliphatic heterocycles. The van der Waals surface area contributed by atoms with E-state index in [1.165, 1.54) is 11.8 Å². The molecule has 1 N–H and O–H groups in total. The monoisotopic (exact) mass is 171 g/mol. The first-order valence-electron chi connectivity index (χ1n) is 3.46. The Morgan fingerprint density at radius 2 is 2.36 bits per heavy atom. The average molecular weight is 171 g/mol. The predicted molar refractivity (Wildman–Crippen MR) is 49.5 cm³/mol. The highest BCUT2D eigenvalue weighted by molar-refractivity contribution is 7.99. The van der Waals surface area contributed by atoms with Crippen LogP contribution in [0.15, 0.2) is 0 Å². The van der Waals surface area contributed by atoms with E-state index < -0.39 is 0 Å². The second-order valence-corrected chi connectivity index (χ2v) is 2.83. The highest BCUT2D eigenvalue weighted by Gasteiger charge is 1.95. The van der Waals surface area contributed by atoms with E-state index in [9.17, 15) is 4.79 Å². The number of nitrogens with one attached hydrogen (secondary N) is 1. The number of rotatable bonds is 4. The molecule has 0 atom stereocenters. The Morgan fingerprint density at radius 1 is 1.64 bits per heavy atom. The Balaban J connectivity index is 3.22. The highest BCUT2D eigenvalue weighted by Crippen LogP contribution is 1.88. The van der Waals surface area contributed by atoms with Gasteiger partial charge in [0.25, 0.3) is 0 Å². The minimum atomic E-state index is 0.0930. The van der Waals surface area contributed by atoms with Crippen molar-refractivity contribution < 1.29 is 4.79 Å². The first-order chi connectivity index (χ1) is 5.31. The van der Waals surface area contributed by atoms with Crippen molar-refractivity contribution in [3.63, 3.8) is 0 Å². The van der Waals surface area contributed by atoms with Gasteiger partial charge in [-0.3, -0.25) is 4.79 Å². The maximum absolute atomic E-state index is 10.8. The van der Waals surface area contributed by atoms with Crippen molar-refractivity contribution in [2.45, 2.75) is 13.3 Å². The van der Waals surface area contributed by atoms with Crippen LogP contribution in [-0.2, 0) is 4.79 Å². The maximum atomic E-state index is 10.8. The summed E-state index contributed by atoms with van der Waals surface area (Å²) >= 11 is 1.53. The lowest BCUT2D eigenvalue weighted by atomic mass is 10.4. The summed E-state index contributed by atoms with van der Waals surface area (Å²) in [4.78, 5) is 10.8. The lowest BCUT2D eigenvalue weighted by molar-refractivity contribution is -0.118. The van der Waals surface area contributed by atoms with Crippen LogP contribution in [0.1, 0.15) is 13.3 Å². The summed E-state index contributed by atoms with van der Waals surface area (Å²) in [5.74, 6) is 6.28. The van der Waals surface area contributed by atoms with Crippen molar-refractivity contribution in [3.05, 3.63) is 0 Å². The molecule has 0 saturated carbocycles. The van der Waals surface area contributed by atoms with Crippen molar-refractivity contribution in [2.24, 2.45) is 0 Å². The van der Waals surface area contributed by atoms with Crippen molar-refractivity contribution in [2.75, 3.05) is 18.6 Å². The summed E-state index contributed by atoms with van der Waals surface area (Å²) in [7, 11) is 0. The summed E-state index contributed by atoms with van der Waals surface area (Å²) in [5.41, 5.74) is 0. The summed E-state index contributed by atoms with van der Waals surface area (Å²) in [6, 6.07) is 0. The Bertz CT molecular complexity index is 169. The zero-order chi connectivity index (χ0) is 8.53. The van der Waals surface area contributed by atoms with E-state index in [0.717, 1.165) is 6.42 Å². The van der Waals surface area contributed by atoms with Gasteiger partial charge < -0.3 is 5.32 Å². The molecule has 3 heteroatoms. The van der Waals surface area contributed by atoms with Gasteiger partial charge in [-0.25, -0.2) is 0 Å². The smallest absolute Gasteiger partial charge is 0.230 e. The maximum Gasteiger partial charge on any atom is 0.230 e. The second kappa shape index (κ2) is 7.49. The molecule has 0 spiro atoms. The van der Waals surface area contributed by atoms with Gasteiger partial charge in [0, 0.05) is 13.0 Å². The van der Waals surface area contributed by atoms with E-state index in [-0.39, 0.29) is 5.91 Å². The van der Waals surface area contributed by atoms with Gasteiger partial charge in [0.15, 0.2) is 0 Å². The van der Waals surface area contributed by atoms with Gasteiger partial charge in [-0.1, -0.05) is 0 Å². The van der Waals surface area contributed by atoms with E-state index in [0.29, 0.717) is 12.3 Å².